The molecule has 0 radical (unpaired) electrons. The molecule has 2 N–H and O–H groups in total. The van der Waals surface area contributed by atoms with Crippen molar-refractivity contribution >= 4 is 17.5 Å². The van der Waals surface area contributed by atoms with E-state index in [1.165, 1.54) is 6.33 Å². The first-order valence-corrected chi connectivity index (χ1v) is 8.12. The standard InChI is InChI=1S/C17H18N6O/c24-16-13(8-4-5-9-18-16)21-15-10-14(12-6-2-1-3-7-12)22-17-19-11-20-23(15)17/h1-3,6-7,10-11,13,21H,4-5,8-9H2,(H,18,24). The molecule has 122 valence electrons. The van der Waals surface area contributed by atoms with E-state index in [9.17, 15) is 4.79 Å². The van der Waals surface area contributed by atoms with E-state index in [1.54, 1.807) is 4.52 Å². The van der Waals surface area contributed by atoms with E-state index in [-0.39, 0.29) is 11.9 Å². The molecule has 1 aromatic carbocycles. The van der Waals surface area contributed by atoms with Crippen molar-refractivity contribution in [1.82, 2.24) is 24.9 Å². The van der Waals surface area contributed by atoms with E-state index >= 15 is 0 Å². The SMILES string of the molecule is O=C1NCCCCC1Nc1cc(-c2ccccc2)nc2ncnn12. The predicted octanol–water partition coefficient (Wildman–Crippen LogP) is 1.87. The van der Waals surface area contributed by atoms with Crippen molar-refractivity contribution in [1.29, 1.82) is 0 Å². The number of rotatable bonds is 3. The Bertz CT molecular complexity index is 860. The zero-order valence-corrected chi connectivity index (χ0v) is 13.1. The largest absolute Gasteiger partial charge is 0.358 e. The molecule has 1 aliphatic heterocycles. The Morgan fingerprint density at radius 2 is 2.08 bits per heavy atom. The molecular formula is C17H18N6O. The van der Waals surface area contributed by atoms with E-state index < -0.39 is 0 Å². The van der Waals surface area contributed by atoms with Crippen molar-refractivity contribution in [2.75, 3.05) is 11.9 Å². The normalized spacial score (nSPS) is 18.2. The van der Waals surface area contributed by atoms with Gasteiger partial charge in [-0.25, -0.2) is 4.98 Å². The highest BCUT2D eigenvalue weighted by atomic mass is 16.2. The Labute approximate surface area is 139 Å². The van der Waals surface area contributed by atoms with Crippen molar-refractivity contribution < 1.29 is 4.79 Å². The van der Waals surface area contributed by atoms with Crippen LogP contribution in [-0.2, 0) is 4.79 Å². The van der Waals surface area contributed by atoms with Gasteiger partial charge < -0.3 is 10.6 Å². The molecule has 1 unspecified atom stereocenters. The van der Waals surface area contributed by atoms with Gasteiger partial charge in [0, 0.05) is 18.2 Å². The minimum Gasteiger partial charge on any atom is -0.358 e. The summed E-state index contributed by atoms with van der Waals surface area (Å²) in [6.07, 6.45) is 4.28. The summed E-state index contributed by atoms with van der Waals surface area (Å²) >= 11 is 0. The van der Waals surface area contributed by atoms with Crippen LogP contribution >= 0.6 is 0 Å². The molecule has 7 heteroatoms. The van der Waals surface area contributed by atoms with Crippen LogP contribution < -0.4 is 10.6 Å². The fourth-order valence-corrected chi connectivity index (χ4v) is 2.93. The second-order valence-electron chi connectivity index (χ2n) is 5.85. The van der Waals surface area contributed by atoms with Gasteiger partial charge in [0.2, 0.25) is 5.91 Å². The van der Waals surface area contributed by atoms with Crippen molar-refractivity contribution in [3.8, 4) is 11.3 Å². The number of nitrogens with zero attached hydrogens (tertiary/aromatic N) is 4. The minimum absolute atomic E-state index is 0.0267. The van der Waals surface area contributed by atoms with Crippen molar-refractivity contribution in [2.45, 2.75) is 25.3 Å². The molecule has 0 saturated carbocycles. The summed E-state index contributed by atoms with van der Waals surface area (Å²) in [7, 11) is 0. The van der Waals surface area contributed by atoms with Crippen LogP contribution in [0.5, 0.6) is 0 Å². The van der Waals surface area contributed by atoms with Crippen LogP contribution in [-0.4, -0.2) is 38.1 Å². The van der Waals surface area contributed by atoms with Crippen LogP contribution in [0.3, 0.4) is 0 Å². The number of fused-ring (bicyclic) bond motifs is 1. The lowest BCUT2D eigenvalue weighted by Gasteiger charge is -2.17. The maximum Gasteiger partial charge on any atom is 0.254 e. The summed E-state index contributed by atoms with van der Waals surface area (Å²) < 4.78 is 1.63. The van der Waals surface area contributed by atoms with E-state index in [1.807, 2.05) is 36.4 Å². The van der Waals surface area contributed by atoms with Crippen LogP contribution in [0.15, 0.2) is 42.7 Å². The number of hydrogen-bond acceptors (Lipinski definition) is 5. The van der Waals surface area contributed by atoms with Crippen LogP contribution in [0.4, 0.5) is 5.82 Å². The quantitative estimate of drug-likeness (QED) is 0.769. The first-order valence-electron chi connectivity index (χ1n) is 8.12. The maximum atomic E-state index is 12.2. The molecule has 4 rings (SSSR count). The maximum absolute atomic E-state index is 12.2. The second-order valence-corrected chi connectivity index (χ2v) is 5.85. The third-order valence-corrected chi connectivity index (χ3v) is 4.18. The van der Waals surface area contributed by atoms with Gasteiger partial charge in [-0.2, -0.15) is 14.6 Å². The second kappa shape index (κ2) is 6.27. The highest BCUT2D eigenvalue weighted by Crippen LogP contribution is 2.22. The summed E-state index contributed by atoms with van der Waals surface area (Å²) in [6, 6.07) is 11.5. The number of aromatic nitrogens is 4. The Morgan fingerprint density at radius 3 is 2.96 bits per heavy atom. The summed E-state index contributed by atoms with van der Waals surface area (Å²) in [4.78, 5) is 21.0. The van der Waals surface area contributed by atoms with E-state index in [0.29, 0.717) is 5.78 Å². The number of anilines is 1. The third kappa shape index (κ3) is 2.80. The monoisotopic (exact) mass is 322 g/mol. The van der Waals surface area contributed by atoms with Gasteiger partial charge in [-0.1, -0.05) is 30.3 Å². The number of hydrogen-bond donors (Lipinski definition) is 2. The van der Waals surface area contributed by atoms with Gasteiger partial charge in [-0.3, -0.25) is 4.79 Å². The van der Waals surface area contributed by atoms with Crippen molar-refractivity contribution in [3.05, 3.63) is 42.7 Å². The summed E-state index contributed by atoms with van der Waals surface area (Å²) in [5.41, 5.74) is 1.80. The predicted molar refractivity (Wildman–Crippen MR) is 90.5 cm³/mol. The van der Waals surface area contributed by atoms with Gasteiger partial charge in [0.15, 0.2) is 0 Å². The summed E-state index contributed by atoms with van der Waals surface area (Å²) in [5, 5.41) is 10.5. The van der Waals surface area contributed by atoms with E-state index in [0.717, 1.165) is 42.9 Å². The molecule has 1 amide bonds. The molecule has 24 heavy (non-hydrogen) atoms. The molecule has 1 atom stereocenters. The average molecular weight is 322 g/mol. The average Bonchev–Trinajstić information content (AvgIpc) is 3.01. The molecule has 3 heterocycles. The molecule has 3 aromatic rings. The Balaban J connectivity index is 1.73. The van der Waals surface area contributed by atoms with E-state index in [4.69, 9.17) is 0 Å². The van der Waals surface area contributed by atoms with Gasteiger partial charge in [0.1, 0.15) is 18.2 Å². The Morgan fingerprint density at radius 1 is 1.21 bits per heavy atom. The zero-order valence-electron chi connectivity index (χ0n) is 13.1. The van der Waals surface area contributed by atoms with Crippen LogP contribution in [0.2, 0.25) is 0 Å². The van der Waals surface area contributed by atoms with Gasteiger partial charge in [-0.05, 0) is 19.3 Å². The Kier molecular flexibility index (Phi) is 3.82. The fourth-order valence-electron chi connectivity index (χ4n) is 2.93. The Hall–Kier alpha value is -2.96. The molecule has 1 fully saturated rings. The first-order chi connectivity index (χ1) is 11.8. The first kappa shape index (κ1) is 14.6. The highest BCUT2D eigenvalue weighted by Gasteiger charge is 2.22. The molecule has 0 bridgehead atoms. The minimum atomic E-state index is -0.272. The van der Waals surface area contributed by atoms with Crippen molar-refractivity contribution in [2.24, 2.45) is 0 Å². The third-order valence-electron chi connectivity index (χ3n) is 4.18. The fraction of sp³-hybridized carbons (Fsp3) is 0.294. The molecule has 1 aliphatic rings. The zero-order chi connectivity index (χ0) is 16.4. The highest BCUT2D eigenvalue weighted by molar-refractivity contribution is 5.84. The van der Waals surface area contributed by atoms with E-state index in [2.05, 4.69) is 25.7 Å². The lowest BCUT2D eigenvalue weighted by atomic mass is 10.1. The number of amides is 1. The number of benzene rings is 1. The number of carbonyl (C=O) groups is 1. The molecule has 0 aliphatic carbocycles. The summed E-state index contributed by atoms with van der Waals surface area (Å²) in [5.74, 6) is 1.25. The van der Waals surface area contributed by atoms with Crippen LogP contribution in [0.25, 0.3) is 17.0 Å². The van der Waals surface area contributed by atoms with Gasteiger partial charge in [0.25, 0.3) is 5.78 Å². The van der Waals surface area contributed by atoms with Gasteiger partial charge in [-0.15, -0.1) is 0 Å². The van der Waals surface area contributed by atoms with Crippen LogP contribution in [0.1, 0.15) is 19.3 Å². The number of carbonyl (C=O) groups excluding carboxylic acids is 1. The van der Waals surface area contributed by atoms with Crippen LogP contribution in [0, 0.1) is 0 Å². The van der Waals surface area contributed by atoms with Gasteiger partial charge in [0.05, 0.1) is 5.69 Å². The molecule has 1 saturated heterocycles. The molecule has 7 nitrogen and oxygen atoms in total. The lowest BCUT2D eigenvalue weighted by Crippen LogP contribution is -2.38. The van der Waals surface area contributed by atoms with Crippen molar-refractivity contribution in [3.63, 3.8) is 0 Å². The smallest absolute Gasteiger partial charge is 0.254 e. The molecule has 0 spiro atoms. The number of nitrogens with one attached hydrogen (secondary N) is 2. The summed E-state index contributed by atoms with van der Waals surface area (Å²) in [6.45, 7) is 0.737. The topological polar surface area (TPSA) is 84.2 Å². The van der Waals surface area contributed by atoms with Gasteiger partial charge >= 0.3 is 0 Å². The molecule has 2 aromatic heterocycles. The molecular weight excluding hydrogens is 304 g/mol. The lowest BCUT2D eigenvalue weighted by molar-refractivity contribution is -0.121.